The van der Waals surface area contributed by atoms with Crippen molar-refractivity contribution in [2.24, 2.45) is 23.8 Å². The molecule has 1 amide bonds. The normalized spacial score (nSPS) is 23.3. The van der Waals surface area contributed by atoms with E-state index in [0.29, 0.717) is 82.4 Å². The van der Waals surface area contributed by atoms with Crippen molar-refractivity contribution < 1.29 is 29.3 Å². The van der Waals surface area contributed by atoms with Gasteiger partial charge in [0.2, 0.25) is 5.88 Å². The molecule has 4 heterocycles. The number of methoxy groups -OCH3 is 1. The van der Waals surface area contributed by atoms with E-state index in [2.05, 4.69) is 15.1 Å². The molecule has 2 aliphatic carbocycles. The van der Waals surface area contributed by atoms with Gasteiger partial charge in [-0.2, -0.15) is 0 Å². The molecule has 2 aliphatic heterocycles. The summed E-state index contributed by atoms with van der Waals surface area (Å²) in [4.78, 5) is 51.2. The van der Waals surface area contributed by atoms with Crippen LogP contribution in [0.4, 0.5) is 5.69 Å². The van der Waals surface area contributed by atoms with Crippen LogP contribution in [0.2, 0.25) is 10.0 Å². The van der Waals surface area contributed by atoms with Gasteiger partial charge in [-0.25, -0.2) is 9.97 Å². The number of imidazole rings is 1. The molecule has 2 aromatic carbocycles. The number of nitrogens with one attached hydrogen (secondary N) is 1. The Kier molecular flexibility index (Phi) is 10.4. The highest BCUT2D eigenvalue weighted by molar-refractivity contribution is 6.39. The van der Waals surface area contributed by atoms with Crippen LogP contribution in [0.15, 0.2) is 48.5 Å². The van der Waals surface area contributed by atoms with Gasteiger partial charge >= 0.3 is 11.9 Å². The zero-order chi connectivity index (χ0) is 39.4. The van der Waals surface area contributed by atoms with Gasteiger partial charge in [0, 0.05) is 67.6 Å². The molecule has 56 heavy (non-hydrogen) atoms. The lowest BCUT2D eigenvalue weighted by Crippen LogP contribution is -2.34. The Morgan fingerprint density at radius 3 is 2.36 bits per heavy atom. The van der Waals surface area contributed by atoms with Crippen molar-refractivity contribution in [2.75, 3.05) is 38.6 Å². The van der Waals surface area contributed by atoms with Crippen LogP contribution in [-0.2, 0) is 36.1 Å². The van der Waals surface area contributed by atoms with E-state index in [1.54, 1.807) is 13.2 Å². The standard InChI is InChI=1S/C42H46Cl2N6O6/c1-48-33-12-19-49(20-17-41-13-15-42(24-41,16-14-41)40(54)55)23-32(33)45-36(48)37(51)46-31-8-4-6-28(35(31)44)27-5-3-7-29(34(27)43)30-10-9-25(38(47-30)56-2)21-50-18-11-26(22-50)39(52)53/h3-10,26H,11-24H2,1-2H3,(H,46,51)(H,52,53)(H,54,55)/t26-,41?,42?/m0/s1. The number of pyridine rings is 1. The van der Waals surface area contributed by atoms with Gasteiger partial charge in [-0.15, -0.1) is 0 Å². The number of ether oxygens (including phenoxy) is 1. The highest BCUT2D eigenvalue weighted by atomic mass is 35.5. The first-order chi connectivity index (χ1) is 26.9. The highest BCUT2D eigenvalue weighted by Crippen LogP contribution is 2.63. The van der Waals surface area contributed by atoms with Crippen molar-refractivity contribution in [3.05, 3.63) is 81.4 Å². The molecule has 8 rings (SSSR count). The molecule has 1 atom stereocenters. The fourth-order valence-corrected chi connectivity index (χ4v) is 10.2. The van der Waals surface area contributed by atoms with Crippen molar-refractivity contribution in [3.8, 4) is 28.3 Å². The maximum Gasteiger partial charge on any atom is 0.309 e. The number of amides is 1. The Bertz CT molecular complexity index is 2220. The number of carboxylic acid groups (broad SMARTS) is 2. The Hall–Kier alpha value is -4.49. The van der Waals surface area contributed by atoms with E-state index < -0.39 is 17.4 Å². The third-order valence-corrected chi connectivity index (χ3v) is 13.7. The summed E-state index contributed by atoms with van der Waals surface area (Å²) in [5.41, 5.74) is 5.44. The van der Waals surface area contributed by atoms with Gasteiger partial charge in [0.25, 0.3) is 5.91 Å². The molecule has 2 aromatic heterocycles. The minimum Gasteiger partial charge on any atom is -0.481 e. The second kappa shape index (κ2) is 15.1. The molecule has 3 N–H and O–H groups in total. The summed E-state index contributed by atoms with van der Waals surface area (Å²) in [6.07, 6.45) is 6.75. The van der Waals surface area contributed by atoms with Gasteiger partial charge < -0.3 is 24.8 Å². The number of aromatic nitrogens is 3. The molecule has 0 spiro atoms. The maximum absolute atomic E-state index is 13.8. The Morgan fingerprint density at radius 2 is 1.66 bits per heavy atom. The molecule has 4 aliphatic rings. The third-order valence-electron chi connectivity index (χ3n) is 12.9. The fourth-order valence-electron chi connectivity index (χ4n) is 9.62. The number of carbonyl (C=O) groups excluding carboxylic acids is 1. The van der Waals surface area contributed by atoms with Crippen LogP contribution in [-0.4, -0.2) is 85.7 Å². The van der Waals surface area contributed by atoms with Crippen LogP contribution in [0.1, 0.15) is 72.5 Å². The van der Waals surface area contributed by atoms with Gasteiger partial charge in [0.05, 0.1) is 45.6 Å². The summed E-state index contributed by atoms with van der Waals surface area (Å²) in [7, 11) is 3.44. The predicted octanol–water partition coefficient (Wildman–Crippen LogP) is 7.41. The minimum absolute atomic E-state index is 0.133. The molecule has 1 saturated heterocycles. The topological polar surface area (TPSA) is 150 Å². The van der Waals surface area contributed by atoms with E-state index >= 15 is 0 Å². The molecule has 0 radical (unpaired) electrons. The Morgan fingerprint density at radius 1 is 0.929 bits per heavy atom. The molecule has 3 fully saturated rings. The van der Waals surface area contributed by atoms with Crippen LogP contribution < -0.4 is 10.1 Å². The first kappa shape index (κ1) is 38.4. The van der Waals surface area contributed by atoms with Gasteiger partial charge in [0.1, 0.15) is 0 Å². The van der Waals surface area contributed by atoms with E-state index in [9.17, 15) is 24.6 Å². The molecular weight excluding hydrogens is 755 g/mol. The molecular formula is C42H46Cl2N6O6. The summed E-state index contributed by atoms with van der Waals surface area (Å²) in [5, 5.41) is 23.0. The number of hydrogen-bond acceptors (Lipinski definition) is 8. The van der Waals surface area contributed by atoms with Crippen LogP contribution in [0.3, 0.4) is 0 Å². The summed E-state index contributed by atoms with van der Waals surface area (Å²) >= 11 is 14.1. The SMILES string of the molecule is COc1nc(-c2cccc(-c3cccc(NC(=O)c4nc5c(n4C)CCN(CCC46CCC(C(=O)O)(CC4)C6)C5)c3Cl)c2Cl)ccc1CN1CC[C@H](C(=O)O)C1. The maximum atomic E-state index is 13.8. The van der Waals surface area contributed by atoms with Gasteiger partial charge in [-0.3, -0.25) is 24.2 Å². The number of hydrogen-bond donors (Lipinski definition) is 3. The lowest BCUT2D eigenvalue weighted by Gasteiger charge is -2.32. The van der Waals surface area contributed by atoms with Crippen molar-refractivity contribution >= 4 is 46.7 Å². The zero-order valence-electron chi connectivity index (χ0n) is 31.6. The minimum atomic E-state index is -0.772. The zero-order valence-corrected chi connectivity index (χ0v) is 33.1. The number of likely N-dealkylation sites (tertiary alicyclic amines) is 1. The predicted molar refractivity (Wildman–Crippen MR) is 213 cm³/mol. The monoisotopic (exact) mass is 800 g/mol. The van der Waals surface area contributed by atoms with Crippen molar-refractivity contribution in [2.45, 2.75) is 64.5 Å². The van der Waals surface area contributed by atoms with E-state index in [1.807, 2.05) is 54.1 Å². The Labute approximate surface area is 335 Å². The van der Waals surface area contributed by atoms with Crippen molar-refractivity contribution in [1.82, 2.24) is 24.3 Å². The second-order valence-electron chi connectivity index (χ2n) is 16.1. The summed E-state index contributed by atoms with van der Waals surface area (Å²) in [5.74, 6) is -1.38. The number of fused-ring (bicyclic) bond motifs is 3. The van der Waals surface area contributed by atoms with Gasteiger partial charge in [0.15, 0.2) is 5.82 Å². The van der Waals surface area contributed by atoms with Crippen LogP contribution in [0.25, 0.3) is 22.4 Å². The Balaban J connectivity index is 0.956. The van der Waals surface area contributed by atoms with E-state index in [-0.39, 0.29) is 17.2 Å². The lowest BCUT2D eigenvalue weighted by molar-refractivity contribution is -0.148. The number of aliphatic carboxylic acids is 2. The highest BCUT2D eigenvalue weighted by Gasteiger charge is 2.57. The molecule has 12 nitrogen and oxygen atoms in total. The van der Waals surface area contributed by atoms with Crippen molar-refractivity contribution in [3.63, 3.8) is 0 Å². The van der Waals surface area contributed by atoms with Gasteiger partial charge in [-0.05, 0) is 75.6 Å². The smallest absolute Gasteiger partial charge is 0.309 e. The number of carbonyl (C=O) groups is 3. The number of benzene rings is 2. The number of nitrogens with zero attached hydrogens (tertiary/aromatic N) is 5. The van der Waals surface area contributed by atoms with E-state index in [0.717, 1.165) is 75.0 Å². The quantitative estimate of drug-likeness (QED) is 0.132. The first-order valence-electron chi connectivity index (χ1n) is 19.3. The molecule has 2 bridgehead atoms. The number of halogens is 2. The van der Waals surface area contributed by atoms with Gasteiger partial charge in [-0.1, -0.05) is 59.6 Å². The van der Waals surface area contributed by atoms with E-state index in [4.69, 9.17) is 37.9 Å². The van der Waals surface area contributed by atoms with Crippen LogP contribution in [0.5, 0.6) is 5.88 Å². The molecule has 4 aromatic rings. The number of rotatable bonds is 12. The summed E-state index contributed by atoms with van der Waals surface area (Å²) < 4.78 is 7.53. The number of anilines is 1. The lowest BCUT2D eigenvalue weighted by atomic mass is 9.80. The molecule has 0 unspecified atom stereocenters. The summed E-state index contributed by atoms with van der Waals surface area (Å²) in [6.45, 7) is 4.11. The molecule has 294 valence electrons. The molecule has 2 saturated carbocycles. The average Bonchev–Trinajstić information content (AvgIpc) is 3.99. The second-order valence-corrected chi connectivity index (χ2v) is 16.9. The molecule has 14 heteroatoms. The average molecular weight is 802 g/mol. The van der Waals surface area contributed by atoms with Crippen molar-refractivity contribution in [1.29, 1.82) is 0 Å². The fraction of sp³-hybridized carbons (Fsp3) is 0.452. The number of carboxylic acids is 2. The van der Waals surface area contributed by atoms with E-state index in [1.165, 1.54) is 0 Å². The third kappa shape index (κ3) is 7.05. The summed E-state index contributed by atoms with van der Waals surface area (Å²) in [6, 6.07) is 14.9. The van der Waals surface area contributed by atoms with Crippen LogP contribution in [0, 0.1) is 16.7 Å². The van der Waals surface area contributed by atoms with Crippen LogP contribution >= 0.6 is 23.2 Å². The first-order valence-corrected chi connectivity index (χ1v) is 20.0. The largest absolute Gasteiger partial charge is 0.481 e.